The lowest BCUT2D eigenvalue weighted by molar-refractivity contribution is -0.124. The highest BCUT2D eigenvalue weighted by molar-refractivity contribution is 5.98. The topological polar surface area (TPSA) is 81.4 Å². The molecule has 0 spiro atoms. The zero-order valence-electron chi connectivity index (χ0n) is 15.0. The van der Waals surface area contributed by atoms with Crippen molar-refractivity contribution in [2.24, 2.45) is 0 Å². The Morgan fingerprint density at radius 1 is 1.04 bits per heavy atom. The van der Waals surface area contributed by atoms with Crippen molar-refractivity contribution in [3.05, 3.63) is 77.6 Å². The van der Waals surface area contributed by atoms with Gasteiger partial charge >= 0.3 is 5.97 Å². The van der Waals surface area contributed by atoms with E-state index in [-0.39, 0.29) is 18.1 Å². The maximum atomic E-state index is 12.4. The molecule has 0 aliphatic rings. The van der Waals surface area contributed by atoms with Gasteiger partial charge in [-0.1, -0.05) is 65.8 Å². The highest BCUT2D eigenvalue weighted by Gasteiger charge is 2.23. The van der Waals surface area contributed by atoms with Crippen molar-refractivity contribution in [2.75, 3.05) is 13.2 Å². The third-order valence-corrected chi connectivity index (χ3v) is 4.03. The Bertz CT molecular complexity index is 904. The molecule has 3 rings (SSSR count). The molecule has 0 bridgehead atoms. The molecule has 6 heteroatoms. The van der Waals surface area contributed by atoms with E-state index in [4.69, 9.17) is 9.26 Å². The summed E-state index contributed by atoms with van der Waals surface area (Å²) in [6, 6.07) is 19.0. The van der Waals surface area contributed by atoms with Crippen LogP contribution in [-0.2, 0) is 16.0 Å². The van der Waals surface area contributed by atoms with Crippen molar-refractivity contribution in [3.8, 4) is 11.3 Å². The Balaban J connectivity index is 1.54. The van der Waals surface area contributed by atoms with E-state index in [0.717, 1.165) is 11.1 Å². The molecule has 0 fully saturated rings. The van der Waals surface area contributed by atoms with E-state index in [0.29, 0.717) is 24.4 Å². The van der Waals surface area contributed by atoms with Crippen LogP contribution in [-0.4, -0.2) is 30.2 Å². The largest absolute Gasteiger partial charge is 0.452 e. The summed E-state index contributed by atoms with van der Waals surface area (Å²) in [5.41, 5.74) is 2.51. The minimum atomic E-state index is -0.634. The Hall–Kier alpha value is -3.41. The predicted octanol–water partition coefficient (Wildman–Crippen LogP) is 3.17. The van der Waals surface area contributed by atoms with Crippen molar-refractivity contribution in [1.29, 1.82) is 0 Å². The molecule has 0 radical (unpaired) electrons. The van der Waals surface area contributed by atoms with Gasteiger partial charge in [-0.2, -0.15) is 0 Å². The number of carbonyl (C=O) groups excluding carboxylic acids is 2. The molecule has 6 nitrogen and oxygen atoms in total. The van der Waals surface area contributed by atoms with Gasteiger partial charge in [-0.15, -0.1) is 0 Å². The first kappa shape index (κ1) is 18.4. The number of rotatable bonds is 7. The van der Waals surface area contributed by atoms with Gasteiger partial charge in [0, 0.05) is 12.1 Å². The summed E-state index contributed by atoms with van der Waals surface area (Å²) in [7, 11) is 0. The van der Waals surface area contributed by atoms with Crippen LogP contribution in [0.15, 0.2) is 65.2 Å². The lowest BCUT2D eigenvalue weighted by Crippen LogP contribution is -2.30. The van der Waals surface area contributed by atoms with Gasteiger partial charge in [-0.05, 0) is 18.9 Å². The van der Waals surface area contributed by atoms with Crippen LogP contribution in [0.1, 0.15) is 21.7 Å². The molecule has 138 valence electrons. The number of hydrogen-bond acceptors (Lipinski definition) is 5. The molecule has 2 aromatic carbocycles. The molecule has 1 N–H and O–H groups in total. The van der Waals surface area contributed by atoms with Crippen LogP contribution in [0.5, 0.6) is 0 Å². The molecule has 27 heavy (non-hydrogen) atoms. The fraction of sp³-hybridized carbons (Fsp3) is 0.190. The monoisotopic (exact) mass is 364 g/mol. The molecule has 0 aliphatic carbocycles. The van der Waals surface area contributed by atoms with Gasteiger partial charge in [0.15, 0.2) is 6.61 Å². The number of ether oxygens (including phenoxy) is 1. The van der Waals surface area contributed by atoms with Crippen LogP contribution in [0.4, 0.5) is 0 Å². The average molecular weight is 364 g/mol. The summed E-state index contributed by atoms with van der Waals surface area (Å²) in [4.78, 5) is 24.3. The van der Waals surface area contributed by atoms with Gasteiger partial charge in [0.2, 0.25) is 0 Å². The van der Waals surface area contributed by atoms with Gasteiger partial charge in [-0.25, -0.2) is 4.79 Å². The minimum absolute atomic E-state index is 0.235. The smallest absolute Gasteiger partial charge is 0.344 e. The third-order valence-electron chi connectivity index (χ3n) is 4.03. The van der Waals surface area contributed by atoms with Gasteiger partial charge in [-0.3, -0.25) is 4.79 Å². The van der Waals surface area contributed by atoms with E-state index >= 15 is 0 Å². The van der Waals surface area contributed by atoms with Crippen LogP contribution >= 0.6 is 0 Å². The highest BCUT2D eigenvalue weighted by atomic mass is 16.5. The van der Waals surface area contributed by atoms with Crippen molar-refractivity contribution in [1.82, 2.24) is 10.5 Å². The molecule has 0 saturated heterocycles. The highest BCUT2D eigenvalue weighted by Crippen LogP contribution is 2.25. The first-order valence-corrected chi connectivity index (χ1v) is 8.64. The third kappa shape index (κ3) is 4.82. The number of nitrogens with one attached hydrogen (secondary N) is 1. The fourth-order valence-corrected chi connectivity index (χ4v) is 2.65. The number of esters is 1. The van der Waals surface area contributed by atoms with Crippen molar-refractivity contribution in [3.63, 3.8) is 0 Å². The van der Waals surface area contributed by atoms with E-state index in [9.17, 15) is 9.59 Å². The van der Waals surface area contributed by atoms with Gasteiger partial charge in [0.1, 0.15) is 17.0 Å². The van der Waals surface area contributed by atoms with E-state index in [1.165, 1.54) is 0 Å². The standard InChI is InChI=1S/C21H20N2O4/c1-15-19(20(23-27-15)17-10-6-3-7-11-17)21(25)26-14-18(24)22-13-12-16-8-4-2-5-9-16/h2-11H,12-14H2,1H3,(H,22,24). The Morgan fingerprint density at radius 3 is 2.41 bits per heavy atom. The summed E-state index contributed by atoms with van der Waals surface area (Å²) in [6.45, 7) is 1.75. The van der Waals surface area contributed by atoms with Crippen LogP contribution in [0.25, 0.3) is 11.3 Å². The van der Waals surface area contributed by atoms with E-state index in [2.05, 4.69) is 10.5 Å². The van der Waals surface area contributed by atoms with E-state index < -0.39 is 5.97 Å². The van der Waals surface area contributed by atoms with Crippen LogP contribution in [0, 0.1) is 6.92 Å². The fourth-order valence-electron chi connectivity index (χ4n) is 2.65. The Labute approximate surface area is 157 Å². The summed E-state index contributed by atoms with van der Waals surface area (Å²) in [5.74, 6) is -0.635. The van der Waals surface area contributed by atoms with Crippen molar-refractivity contribution >= 4 is 11.9 Å². The lowest BCUT2D eigenvalue weighted by atomic mass is 10.1. The van der Waals surface area contributed by atoms with Crippen LogP contribution < -0.4 is 5.32 Å². The number of aryl methyl sites for hydroxylation is 1. The maximum absolute atomic E-state index is 12.4. The quantitative estimate of drug-likeness (QED) is 0.651. The molecule has 1 heterocycles. The zero-order chi connectivity index (χ0) is 19.1. The number of aromatic nitrogens is 1. The lowest BCUT2D eigenvalue weighted by Gasteiger charge is -2.07. The summed E-state index contributed by atoms with van der Waals surface area (Å²) >= 11 is 0. The molecule has 1 aromatic heterocycles. The molecule has 0 unspecified atom stereocenters. The number of benzene rings is 2. The average Bonchev–Trinajstić information content (AvgIpc) is 3.09. The normalized spacial score (nSPS) is 10.4. The zero-order valence-corrected chi connectivity index (χ0v) is 15.0. The number of hydrogen-bond donors (Lipinski definition) is 1. The first-order valence-electron chi connectivity index (χ1n) is 8.64. The van der Waals surface area contributed by atoms with Crippen LogP contribution in [0.3, 0.4) is 0 Å². The number of nitrogens with zero attached hydrogens (tertiary/aromatic N) is 1. The number of carbonyl (C=O) groups is 2. The molecule has 0 aliphatic heterocycles. The molecule has 0 saturated carbocycles. The van der Waals surface area contributed by atoms with Crippen LogP contribution in [0.2, 0.25) is 0 Å². The number of amides is 1. The van der Waals surface area contributed by atoms with E-state index in [1.54, 1.807) is 6.92 Å². The second kappa shape index (κ2) is 8.80. The van der Waals surface area contributed by atoms with Gasteiger partial charge in [0.25, 0.3) is 5.91 Å². The molecular weight excluding hydrogens is 344 g/mol. The summed E-state index contributed by atoms with van der Waals surface area (Å²) < 4.78 is 10.3. The minimum Gasteiger partial charge on any atom is -0.452 e. The predicted molar refractivity (Wildman–Crippen MR) is 100 cm³/mol. The maximum Gasteiger partial charge on any atom is 0.344 e. The molecule has 3 aromatic rings. The second-order valence-electron chi connectivity index (χ2n) is 5.99. The van der Waals surface area contributed by atoms with E-state index in [1.807, 2.05) is 60.7 Å². The van der Waals surface area contributed by atoms with Crippen molar-refractivity contribution in [2.45, 2.75) is 13.3 Å². The molecular formula is C21H20N2O4. The van der Waals surface area contributed by atoms with Gasteiger partial charge in [0.05, 0.1) is 0 Å². The van der Waals surface area contributed by atoms with Crippen molar-refractivity contribution < 1.29 is 18.8 Å². The Morgan fingerprint density at radius 2 is 1.70 bits per heavy atom. The SMILES string of the molecule is Cc1onc(-c2ccccc2)c1C(=O)OCC(=O)NCCc1ccccc1. The second-order valence-corrected chi connectivity index (χ2v) is 5.99. The summed E-state index contributed by atoms with van der Waals surface area (Å²) in [5, 5.41) is 6.68. The Kier molecular flexibility index (Phi) is 5.99. The van der Waals surface area contributed by atoms with Gasteiger partial charge < -0.3 is 14.6 Å². The molecule has 1 amide bonds. The summed E-state index contributed by atoms with van der Waals surface area (Å²) in [6.07, 6.45) is 0.712. The first-order chi connectivity index (χ1) is 13.1. The molecule has 0 atom stereocenters.